The van der Waals surface area contributed by atoms with Crippen molar-refractivity contribution in [3.8, 4) is 11.5 Å². The molecule has 1 amide bonds. The summed E-state index contributed by atoms with van der Waals surface area (Å²) >= 11 is 0. The molecule has 0 heterocycles. The van der Waals surface area contributed by atoms with Crippen molar-refractivity contribution in [3.05, 3.63) is 96.1 Å². The number of amides is 1. The first kappa shape index (κ1) is 18.7. The Bertz CT molecular complexity index is 829. The Kier molecular flexibility index (Phi) is 6.64. The third-order valence-electron chi connectivity index (χ3n) is 4.38. The number of benzene rings is 3. The first-order chi connectivity index (χ1) is 13.2. The molecule has 3 aromatic rings. The lowest BCUT2D eigenvalue weighted by atomic mass is 10.1. The lowest BCUT2D eigenvalue weighted by Crippen LogP contribution is -2.34. The highest BCUT2D eigenvalue weighted by Gasteiger charge is 2.09. The van der Waals surface area contributed by atoms with Crippen molar-refractivity contribution in [3.63, 3.8) is 0 Å². The summed E-state index contributed by atoms with van der Waals surface area (Å²) in [5.41, 5.74) is 2.27. The number of para-hydroxylation sites is 1. The molecule has 3 aromatic carbocycles. The van der Waals surface area contributed by atoms with Crippen LogP contribution in [0.25, 0.3) is 0 Å². The van der Waals surface area contributed by atoms with Crippen LogP contribution in [-0.2, 0) is 17.6 Å². The first-order valence-corrected chi connectivity index (χ1v) is 9.34. The van der Waals surface area contributed by atoms with Gasteiger partial charge < -0.3 is 10.1 Å². The predicted molar refractivity (Wildman–Crippen MR) is 109 cm³/mol. The highest BCUT2D eigenvalue weighted by atomic mass is 16.5. The number of hydrogen-bond acceptors (Lipinski definition) is 2. The van der Waals surface area contributed by atoms with Crippen molar-refractivity contribution in [2.24, 2.45) is 0 Å². The van der Waals surface area contributed by atoms with Crippen molar-refractivity contribution < 1.29 is 9.53 Å². The molecule has 0 spiro atoms. The van der Waals surface area contributed by atoms with Crippen molar-refractivity contribution in [1.82, 2.24) is 5.32 Å². The monoisotopic (exact) mass is 359 g/mol. The quantitative estimate of drug-likeness (QED) is 0.603. The number of carbonyl (C=O) groups excluding carboxylic acids is 1. The third-order valence-corrected chi connectivity index (χ3v) is 4.38. The zero-order chi connectivity index (χ0) is 18.9. The van der Waals surface area contributed by atoms with Gasteiger partial charge in [-0.15, -0.1) is 0 Å². The van der Waals surface area contributed by atoms with Crippen LogP contribution in [0.3, 0.4) is 0 Å². The summed E-state index contributed by atoms with van der Waals surface area (Å²) in [6.07, 6.45) is 2.27. The van der Waals surface area contributed by atoms with Gasteiger partial charge in [0.05, 0.1) is 6.42 Å². The molecule has 138 valence electrons. The summed E-state index contributed by atoms with van der Waals surface area (Å²) in [5, 5.41) is 3.08. The number of ether oxygens (including phenoxy) is 1. The van der Waals surface area contributed by atoms with Crippen LogP contribution in [0.5, 0.6) is 11.5 Å². The van der Waals surface area contributed by atoms with Crippen LogP contribution >= 0.6 is 0 Å². The summed E-state index contributed by atoms with van der Waals surface area (Å²) in [6.45, 7) is 2.05. The summed E-state index contributed by atoms with van der Waals surface area (Å²) in [6, 6.07) is 27.8. The van der Waals surface area contributed by atoms with E-state index in [9.17, 15) is 4.79 Å². The van der Waals surface area contributed by atoms with E-state index in [1.807, 2.05) is 72.8 Å². The van der Waals surface area contributed by atoms with Gasteiger partial charge >= 0.3 is 0 Å². The molecule has 1 unspecified atom stereocenters. The normalized spacial score (nSPS) is 11.6. The SMILES string of the molecule is CC(CCc1ccccc1)NC(=O)Cc1ccc(Oc2ccccc2)cc1. The fourth-order valence-corrected chi connectivity index (χ4v) is 2.91. The van der Waals surface area contributed by atoms with Gasteiger partial charge in [0.15, 0.2) is 0 Å². The average Bonchev–Trinajstić information content (AvgIpc) is 2.69. The maximum absolute atomic E-state index is 12.3. The van der Waals surface area contributed by atoms with Gasteiger partial charge in [-0.1, -0.05) is 60.7 Å². The first-order valence-electron chi connectivity index (χ1n) is 9.34. The Morgan fingerprint density at radius 2 is 1.41 bits per heavy atom. The number of carbonyl (C=O) groups is 1. The summed E-state index contributed by atoms with van der Waals surface area (Å²) < 4.78 is 5.78. The summed E-state index contributed by atoms with van der Waals surface area (Å²) in [7, 11) is 0. The molecule has 1 atom stereocenters. The minimum atomic E-state index is 0.0484. The van der Waals surface area contributed by atoms with Gasteiger partial charge in [-0.05, 0) is 55.2 Å². The second-order valence-electron chi connectivity index (χ2n) is 6.73. The van der Waals surface area contributed by atoms with Crippen molar-refractivity contribution in [2.75, 3.05) is 0 Å². The number of nitrogens with one attached hydrogen (secondary N) is 1. The molecule has 0 radical (unpaired) electrons. The van der Waals surface area contributed by atoms with Crippen LogP contribution in [-0.4, -0.2) is 11.9 Å². The molecule has 0 saturated heterocycles. The minimum Gasteiger partial charge on any atom is -0.457 e. The van der Waals surface area contributed by atoms with Gasteiger partial charge in [0.25, 0.3) is 0 Å². The molecular weight excluding hydrogens is 334 g/mol. The van der Waals surface area contributed by atoms with Gasteiger partial charge in [-0.25, -0.2) is 0 Å². The van der Waals surface area contributed by atoms with E-state index >= 15 is 0 Å². The second kappa shape index (κ2) is 9.58. The fourth-order valence-electron chi connectivity index (χ4n) is 2.91. The van der Waals surface area contributed by atoms with Gasteiger partial charge in [0.2, 0.25) is 5.91 Å². The van der Waals surface area contributed by atoms with E-state index in [4.69, 9.17) is 4.74 Å². The summed E-state index contributed by atoms with van der Waals surface area (Å²) in [4.78, 5) is 12.3. The molecule has 1 N–H and O–H groups in total. The standard InChI is InChI=1S/C24H25NO2/c1-19(12-13-20-8-4-2-5-9-20)25-24(26)18-21-14-16-23(17-15-21)27-22-10-6-3-7-11-22/h2-11,14-17,19H,12-13,18H2,1H3,(H,25,26). The van der Waals surface area contributed by atoms with Crippen LogP contribution < -0.4 is 10.1 Å². The van der Waals surface area contributed by atoms with Gasteiger partial charge in [-0.3, -0.25) is 4.79 Å². The Morgan fingerprint density at radius 1 is 0.815 bits per heavy atom. The van der Waals surface area contributed by atoms with Gasteiger partial charge in [-0.2, -0.15) is 0 Å². The predicted octanol–water partition coefficient (Wildman–Crippen LogP) is 5.16. The van der Waals surface area contributed by atoms with Crippen molar-refractivity contribution in [2.45, 2.75) is 32.2 Å². The number of aryl methyl sites for hydroxylation is 1. The molecule has 0 saturated carbocycles. The number of hydrogen-bond donors (Lipinski definition) is 1. The molecule has 0 aliphatic rings. The third kappa shape index (κ3) is 6.30. The maximum Gasteiger partial charge on any atom is 0.224 e. The Morgan fingerprint density at radius 3 is 2.07 bits per heavy atom. The Labute approximate surface area is 161 Å². The molecule has 0 bridgehead atoms. The van der Waals surface area contributed by atoms with Crippen LogP contribution in [0.2, 0.25) is 0 Å². The van der Waals surface area contributed by atoms with Gasteiger partial charge in [0, 0.05) is 6.04 Å². The molecule has 3 heteroatoms. The second-order valence-corrected chi connectivity index (χ2v) is 6.73. The smallest absolute Gasteiger partial charge is 0.224 e. The lowest BCUT2D eigenvalue weighted by Gasteiger charge is -2.14. The Balaban J connectivity index is 1.44. The van der Waals surface area contributed by atoms with Crippen molar-refractivity contribution >= 4 is 5.91 Å². The molecule has 0 aliphatic heterocycles. The summed E-state index contributed by atoms with van der Waals surface area (Å²) in [5.74, 6) is 1.61. The van der Waals surface area contributed by atoms with E-state index in [-0.39, 0.29) is 11.9 Å². The minimum absolute atomic E-state index is 0.0484. The Hall–Kier alpha value is -3.07. The molecule has 0 aromatic heterocycles. The van der Waals surface area contributed by atoms with Crippen molar-refractivity contribution in [1.29, 1.82) is 0 Å². The molecule has 0 aliphatic carbocycles. The van der Waals surface area contributed by atoms with Gasteiger partial charge in [0.1, 0.15) is 11.5 Å². The molecular formula is C24H25NO2. The van der Waals surface area contributed by atoms with E-state index in [1.54, 1.807) is 0 Å². The van der Waals surface area contributed by atoms with Crippen LogP contribution in [0.4, 0.5) is 0 Å². The lowest BCUT2D eigenvalue weighted by molar-refractivity contribution is -0.121. The molecule has 3 nitrogen and oxygen atoms in total. The van der Waals surface area contributed by atoms with E-state index in [0.717, 1.165) is 29.9 Å². The molecule has 0 fully saturated rings. The van der Waals surface area contributed by atoms with E-state index in [0.29, 0.717) is 6.42 Å². The fraction of sp³-hybridized carbons (Fsp3) is 0.208. The molecule has 27 heavy (non-hydrogen) atoms. The highest BCUT2D eigenvalue weighted by Crippen LogP contribution is 2.21. The zero-order valence-corrected chi connectivity index (χ0v) is 15.6. The highest BCUT2D eigenvalue weighted by molar-refractivity contribution is 5.78. The van der Waals surface area contributed by atoms with Crippen LogP contribution in [0.1, 0.15) is 24.5 Å². The average molecular weight is 359 g/mol. The number of rotatable bonds is 8. The van der Waals surface area contributed by atoms with Crippen LogP contribution in [0, 0.1) is 0 Å². The van der Waals surface area contributed by atoms with E-state index < -0.39 is 0 Å². The largest absolute Gasteiger partial charge is 0.457 e. The van der Waals surface area contributed by atoms with E-state index in [2.05, 4.69) is 24.4 Å². The topological polar surface area (TPSA) is 38.3 Å². The maximum atomic E-state index is 12.3. The van der Waals surface area contributed by atoms with Crippen LogP contribution in [0.15, 0.2) is 84.9 Å². The van der Waals surface area contributed by atoms with E-state index in [1.165, 1.54) is 5.56 Å². The zero-order valence-electron chi connectivity index (χ0n) is 15.6. The molecule has 3 rings (SSSR count).